The molecule has 2 rings (SSSR count). The molecule has 0 fully saturated rings. The SMILES string of the molecule is CCCNc1nc(OC(C)COC)c2cn[nH]c2n1. The molecule has 7 nitrogen and oxygen atoms in total. The number of ether oxygens (including phenoxy) is 2. The van der Waals surface area contributed by atoms with E-state index in [-0.39, 0.29) is 6.10 Å². The standard InChI is InChI=1S/C12H19N5O2/c1-4-5-13-12-15-10-9(6-14-17-10)11(16-12)19-8(2)7-18-3/h6,8H,4-5,7H2,1-3H3,(H2,13,14,15,16,17). The molecular weight excluding hydrogens is 246 g/mol. The summed E-state index contributed by atoms with van der Waals surface area (Å²) < 4.78 is 10.8. The van der Waals surface area contributed by atoms with Crippen molar-refractivity contribution in [3.8, 4) is 5.88 Å². The Hall–Kier alpha value is -1.89. The number of methoxy groups -OCH3 is 1. The van der Waals surface area contributed by atoms with Crippen molar-refractivity contribution in [2.75, 3.05) is 25.6 Å². The minimum atomic E-state index is -0.0861. The molecule has 1 atom stereocenters. The molecule has 0 aromatic carbocycles. The van der Waals surface area contributed by atoms with Gasteiger partial charge in [-0.25, -0.2) is 0 Å². The van der Waals surface area contributed by atoms with Crippen LogP contribution in [0.4, 0.5) is 5.95 Å². The van der Waals surface area contributed by atoms with Crippen LogP contribution < -0.4 is 10.1 Å². The molecule has 0 aliphatic heterocycles. The van der Waals surface area contributed by atoms with E-state index in [0.717, 1.165) is 18.4 Å². The summed E-state index contributed by atoms with van der Waals surface area (Å²) in [7, 11) is 1.64. The predicted octanol–water partition coefficient (Wildman–Crippen LogP) is 1.59. The molecule has 7 heteroatoms. The van der Waals surface area contributed by atoms with Crippen LogP contribution in [0.1, 0.15) is 20.3 Å². The lowest BCUT2D eigenvalue weighted by Crippen LogP contribution is -2.19. The second-order valence-electron chi connectivity index (χ2n) is 4.30. The van der Waals surface area contributed by atoms with Crippen LogP contribution in [-0.4, -0.2) is 46.5 Å². The van der Waals surface area contributed by atoms with E-state index in [4.69, 9.17) is 9.47 Å². The first-order chi connectivity index (χ1) is 9.24. The van der Waals surface area contributed by atoms with Crippen LogP contribution in [0, 0.1) is 0 Å². The molecule has 0 bridgehead atoms. The maximum atomic E-state index is 5.77. The van der Waals surface area contributed by atoms with Crippen LogP contribution in [0.5, 0.6) is 5.88 Å². The van der Waals surface area contributed by atoms with Crippen LogP contribution in [-0.2, 0) is 4.74 Å². The van der Waals surface area contributed by atoms with Crippen molar-refractivity contribution in [3.63, 3.8) is 0 Å². The molecule has 2 N–H and O–H groups in total. The molecule has 2 aromatic rings. The average Bonchev–Trinajstić information content (AvgIpc) is 2.85. The number of nitrogens with zero attached hydrogens (tertiary/aromatic N) is 3. The zero-order chi connectivity index (χ0) is 13.7. The molecule has 0 saturated carbocycles. The Labute approximate surface area is 111 Å². The highest BCUT2D eigenvalue weighted by Crippen LogP contribution is 2.23. The van der Waals surface area contributed by atoms with Gasteiger partial charge < -0.3 is 14.8 Å². The van der Waals surface area contributed by atoms with E-state index >= 15 is 0 Å². The maximum absolute atomic E-state index is 5.77. The van der Waals surface area contributed by atoms with Crippen molar-refractivity contribution in [3.05, 3.63) is 6.20 Å². The zero-order valence-electron chi connectivity index (χ0n) is 11.4. The molecule has 104 valence electrons. The van der Waals surface area contributed by atoms with Crippen molar-refractivity contribution in [1.82, 2.24) is 20.2 Å². The second kappa shape index (κ2) is 6.33. The number of H-pyrrole nitrogens is 1. The lowest BCUT2D eigenvalue weighted by molar-refractivity contribution is 0.0901. The van der Waals surface area contributed by atoms with Gasteiger partial charge in [-0.15, -0.1) is 0 Å². The first kappa shape index (κ1) is 13.5. The van der Waals surface area contributed by atoms with E-state index in [2.05, 4.69) is 32.4 Å². The molecule has 0 spiro atoms. The molecule has 1 unspecified atom stereocenters. The lowest BCUT2D eigenvalue weighted by Gasteiger charge is -2.14. The summed E-state index contributed by atoms with van der Waals surface area (Å²) in [6, 6.07) is 0. The summed E-state index contributed by atoms with van der Waals surface area (Å²) in [6.07, 6.45) is 2.58. The first-order valence-corrected chi connectivity index (χ1v) is 6.35. The summed E-state index contributed by atoms with van der Waals surface area (Å²) in [5, 5.41) is 10.7. The van der Waals surface area contributed by atoms with Gasteiger partial charge in [0, 0.05) is 13.7 Å². The van der Waals surface area contributed by atoms with E-state index in [0.29, 0.717) is 24.1 Å². The summed E-state index contributed by atoms with van der Waals surface area (Å²) in [4.78, 5) is 8.71. The minimum absolute atomic E-state index is 0.0861. The second-order valence-corrected chi connectivity index (χ2v) is 4.30. The highest BCUT2D eigenvalue weighted by atomic mass is 16.5. The minimum Gasteiger partial charge on any atom is -0.472 e. The van der Waals surface area contributed by atoms with Gasteiger partial charge >= 0.3 is 0 Å². The van der Waals surface area contributed by atoms with Crippen molar-refractivity contribution < 1.29 is 9.47 Å². The van der Waals surface area contributed by atoms with Gasteiger partial charge in [-0.2, -0.15) is 15.1 Å². The third-order valence-corrected chi connectivity index (χ3v) is 2.52. The van der Waals surface area contributed by atoms with Gasteiger partial charge in [-0.05, 0) is 13.3 Å². The predicted molar refractivity (Wildman–Crippen MR) is 72.4 cm³/mol. The summed E-state index contributed by atoms with van der Waals surface area (Å²) in [5.74, 6) is 1.06. The number of nitrogens with one attached hydrogen (secondary N) is 2. The summed E-state index contributed by atoms with van der Waals surface area (Å²) in [5.41, 5.74) is 0.660. The number of hydrogen-bond donors (Lipinski definition) is 2. The van der Waals surface area contributed by atoms with Crippen LogP contribution in [0.15, 0.2) is 6.20 Å². The quantitative estimate of drug-likeness (QED) is 0.790. The third kappa shape index (κ3) is 3.31. The molecule has 0 saturated heterocycles. The van der Waals surface area contributed by atoms with Crippen LogP contribution in [0.25, 0.3) is 11.0 Å². The van der Waals surface area contributed by atoms with Gasteiger partial charge in [0.15, 0.2) is 5.65 Å². The Morgan fingerprint density at radius 3 is 3.00 bits per heavy atom. The fourth-order valence-corrected chi connectivity index (χ4v) is 1.67. The van der Waals surface area contributed by atoms with Crippen molar-refractivity contribution in [2.24, 2.45) is 0 Å². The van der Waals surface area contributed by atoms with Crippen molar-refractivity contribution >= 4 is 17.0 Å². The van der Waals surface area contributed by atoms with Crippen LogP contribution in [0.3, 0.4) is 0 Å². The van der Waals surface area contributed by atoms with Gasteiger partial charge in [0.2, 0.25) is 11.8 Å². The van der Waals surface area contributed by atoms with E-state index in [9.17, 15) is 0 Å². The van der Waals surface area contributed by atoms with Crippen LogP contribution >= 0.6 is 0 Å². The fourth-order valence-electron chi connectivity index (χ4n) is 1.67. The molecular formula is C12H19N5O2. The number of anilines is 1. The van der Waals surface area contributed by atoms with E-state index in [1.165, 1.54) is 0 Å². The fraction of sp³-hybridized carbons (Fsp3) is 0.583. The monoisotopic (exact) mass is 265 g/mol. The molecule has 0 aliphatic rings. The number of rotatable bonds is 7. The normalized spacial score (nSPS) is 12.6. The van der Waals surface area contributed by atoms with Gasteiger partial charge in [-0.3, -0.25) is 5.10 Å². The van der Waals surface area contributed by atoms with Crippen molar-refractivity contribution in [1.29, 1.82) is 0 Å². The van der Waals surface area contributed by atoms with E-state index in [1.54, 1.807) is 13.3 Å². The molecule has 19 heavy (non-hydrogen) atoms. The molecule has 2 heterocycles. The smallest absolute Gasteiger partial charge is 0.229 e. The highest BCUT2D eigenvalue weighted by Gasteiger charge is 2.13. The Morgan fingerprint density at radius 2 is 2.26 bits per heavy atom. The summed E-state index contributed by atoms with van der Waals surface area (Å²) in [6.45, 7) is 5.32. The molecule has 0 aliphatic carbocycles. The van der Waals surface area contributed by atoms with E-state index in [1.807, 2.05) is 6.92 Å². The Kier molecular flexibility index (Phi) is 4.51. The molecule has 0 amide bonds. The maximum Gasteiger partial charge on any atom is 0.229 e. The lowest BCUT2D eigenvalue weighted by atomic mass is 10.4. The molecule has 0 radical (unpaired) electrons. The van der Waals surface area contributed by atoms with Gasteiger partial charge in [0.05, 0.1) is 12.8 Å². The largest absolute Gasteiger partial charge is 0.472 e. The first-order valence-electron chi connectivity index (χ1n) is 6.35. The van der Waals surface area contributed by atoms with Crippen molar-refractivity contribution in [2.45, 2.75) is 26.4 Å². The average molecular weight is 265 g/mol. The third-order valence-electron chi connectivity index (χ3n) is 2.52. The van der Waals surface area contributed by atoms with E-state index < -0.39 is 0 Å². The molecule has 2 aromatic heterocycles. The van der Waals surface area contributed by atoms with Gasteiger partial charge in [0.1, 0.15) is 11.5 Å². The summed E-state index contributed by atoms with van der Waals surface area (Å²) >= 11 is 0. The van der Waals surface area contributed by atoms with Crippen LogP contribution in [0.2, 0.25) is 0 Å². The number of fused-ring (bicyclic) bond motifs is 1. The van der Waals surface area contributed by atoms with Gasteiger partial charge in [-0.1, -0.05) is 6.92 Å². The Morgan fingerprint density at radius 1 is 1.42 bits per heavy atom. The Balaban J connectivity index is 2.25. The zero-order valence-corrected chi connectivity index (χ0v) is 11.4. The Bertz CT molecular complexity index is 528. The van der Waals surface area contributed by atoms with Gasteiger partial charge in [0.25, 0.3) is 0 Å². The number of hydrogen-bond acceptors (Lipinski definition) is 6. The number of aromatic nitrogens is 4. The topological polar surface area (TPSA) is 85.0 Å². The highest BCUT2D eigenvalue weighted by molar-refractivity contribution is 5.80. The number of aromatic amines is 1.